The minimum absolute atomic E-state index is 0.0285. The van der Waals surface area contributed by atoms with Crippen LogP contribution in [0, 0.1) is 13.8 Å². The van der Waals surface area contributed by atoms with Crippen LogP contribution >= 0.6 is 0 Å². The zero-order valence-corrected chi connectivity index (χ0v) is 33.3. The van der Waals surface area contributed by atoms with Crippen LogP contribution in [0.5, 0.6) is 0 Å². The van der Waals surface area contributed by atoms with E-state index in [2.05, 4.69) is 15.6 Å². The molecule has 0 bridgehead atoms. The summed E-state index contributed by atoms with van der Waals surface area (Å²) in [4.78, 5) is 43.8. The summed E-state index contributed by atoms with van der Waals surface area (Å²) in [6.45, 7) is 11.8. The van der Waals surface area contributed by atoms with E-state index >= 15 is 0 Å². The predicted molar refractivity (Wildman–Crippen MR) is 213 cm³/mol. The second-order valence-corrected chi connectivity index (χ2v) is 16.3. The van der Waals surface area contributed by atoms with Gasteiger partial charge in [0.15, 0.2) is 0 Å². The number of amides is 2. The van der Waals surface area contributed by atoms with Crippen molar-refractivity contribution in [3.8, 4) is 0 Å². The van der Waals surface area contributed by atoms with Gasteiger partial charge >= 0.3 is 5.97 Å². The molecule has 296 valence electrons. The number of nitrogens with one attached hydrogen (secondary N) is 2. The molecule has 0 aliphatic carbocycles. The summed E-state index contributed by atoms with van der Waals surface area (Å²) in [5.74, 6) is -2.14. The smallest absolute Gasteiger partial charge is 0.338 e. The van der Waals surface area contributed by atoms with Crippen molar-refractivity contribution in [2.24, 2.45) is 0 Å². The molecule has 3 aromatic carbocycles. The van der Waals surface area contributed by atoms with E-state index < -0.39 is 39.0 Å². The number of pyridine rings is 1. The number of benzene rings is 3. The molecule has 2 atom stereocenters. The fourth-order valence-corrected chi connectivity index (χ4v) is 6.65. The topological polar surface area (TPSA) is 170 Å². The summed E-state index contributed by atoms with van der Waals surface area (Å²) in [7, 11) is -4.09. The van der Waals surface area contributed by atoms with Crippen LogP contribution in [0.2, 0.25) is 0 Å². The number of anilines is 1. The van der Waals surface area contributed by atoms with Crippen LogP contribution in [-0.2, 0) is 40.5 Å². The number of aryl methyl sites for hydroxylation is 2. The number of ether oxygens (including phenoxy) is 3. The van der Waals surface area contributed by atoms with Crippen LogP contribution in [0.4, 0.5) is 5.69 Å². The lowest BCUT2D eigenvalue weighted by molar-refractivity contribution is -0.125. The van der Waals surface area contributed by atoms with Gasteiger partial charge in [-0.1, -0.05) is 55.0 Å². The Kier molecular flexibility index (Phi) is 15.1. The number of hydrogen-bond acceptors (Lipinski definition) is 9. The van der Waals surface area contributed by atoms with Gasteiger partial charge in [-0.25, -0.2) is 4.79 Å². The number of carbonyl (C=O) groups is 3. The van der Waals surface area contributed by atoms with Gasteiger partial charge in [-0.3, -0.25) is 19.1 Å². The molecule has 0 aliphatic rings. The molecule has 2 amide bonds. The Bertz CT molecular complexity index is 2050. The van der Waals surface area contributed by atoms with Crippen molar-refractivity contribution in [2.45, 2.75) is 91.0 Å². The van der Waals surface area contributed by atoms with E-state index in [9.17, 15) is 22.8 Å². The Morgan fingerprint density at radius 1 is 0.891 bits per heavy atom. The lowest BCUT2D eigenvalue weighted by Crippen LogP contribution is -2.36. The Morgan fingerprint density at radius 2 is 1.64 bits per heavy atom. The van der Waals surface area contributed by atoms with Gasteiger partial charge in [0, 0.05) is 36.4 Å². The second-order valence-electron chi connectivity index (χ2n) is 14.7. The first kappa shape index (κ1) is 43.0. The summed E-state index contributed by atoms with van der Waals surface area (Å²) in [6, 6.07) is 20.2. The molecule has 0 aliphatic heterocycles. The molecule has 0 spiro atoms. The van der Waals surface area contributed by atoms with Crippen LogP contribution in [0.25, 0.3) is 10.8 Å². The molecule has 0 fully saturated rings. The third kappa shape index (κ3) is 13.8. The molecule has 0 saturated heterocycles. The van der Waals surface area contributed by atoms with Gasteiger partial charge < -0.3 is 24.8 Å². The minimum Gasteiger partial charge on any atom is -0.457 e. The Hall–Kier alpha value is -4.69. The standard InChI is InChI=1S/C42H53N3O9S/c1-7-42(6,18-22-53-41(4,5)19-23-55(49,50)51)54-21-17-38(46)44-27-37(39(47)45-35-14-13-34-26-43-20-16-33(34)25-35)32-11-9-31(10-12-32)28-52-40(48)36-15-8-29(2)24-30(36)3/h8-16,20,24-26,37H,7,17-19,21-23,27-28H2,1-6H3,(H,44,46)(H,45,47)(H,49,50,51). The SMILES string of the molecule is CCC(C)(CCOC(C)(C)CCS(=O)(=O)O)OCCC(=O)NCC(C(=O)Nc1ccc2cnccc2c1)c1ccc(COC(=O)c2ccc(C)cc2C)cc1. The molecule has 4 aromatic rings. The summed E-state index contributed by atoms with van der Waals surface area (Å²) >= 11 is 0. The summed E-state index contributed by atoms with van der Waals surface area (Å²) in [6.07, 6.45) is 4.80. The van der Waals surface area contributed by atoms with Crippen molar-refractivity contribution in [2.75, 3.05) is 30.8 Å². The Balaban J connectivity index is 1.36. The largest absolute Gasteiger partial charge is 0.457 e. The first-order valence-electron chi connectivity index (χ1n) is 18.4. The summed E-state index contributed by atoms with van der Waals surface area (Å²) < 4.78 is 49.0. The maximum absolute atomic E-state index is 13.8. The highest BCUT2D eigenvalue weighted by Gasteiger charge is 2.27. The van der Waals surface area contributed by atoms with Crippen LogP contribution in [0.3, 0.4) is 0 Å². The van der Waals surface area contributed by atoms with Crippen molar-refractivity contribution >= 4 is 44.4 Å². The molecule has 3 N–H and O–H groups in total. The molecule has 4 rings (SSSR count). The van der Waals surface area contributed by atoms with E-state index in [1.54, 1.807) is 62.6 Å². The maximum Gasteiger partial charge on any atom is 0.338 e. The van der Waals surface area contributed by atoms with Gasteiger partial charge in [0.2, 0.25) is 11.8 Å². The van der Waals surface area contributed by atoms with Crippen LogP contribution < -0.4 is 10.6 Å². The van der Waals surface area contributed by atoms with Gasteiger partial charge in [-0.15, -0.1) is 0 Å². The highest BCUT2D eigenvalue weighted by molar-refractivity contribution is 7.85. The van der Waals surface area contributed by atoms with Crippen LogP contribution in [-0.4, -0.2) is 72.5 Å². The molecule has 2 unspecified atom stereocenters. The fraction of sp³-hybridized carbons (Fsp3) is 0.429. The zero-order chi connectivity index (χ0) is 40.2. The molecule has 0 radical (unpaired) electrons. The van der Waals surface area contributed by atoms with Crippen LogP contribution in [0.15, 0.2) is 79.1 Å². The third-order valence-electron chi connectivity index (χ3n) is 9.70. The number of esters is 1. The van der Waals surface area contributed by atoms with Gasteiger partial charge in [0.25, 0.3) is 10.1 Å². The van der Waals surface area contributed by atoms with Crippen molar-refractivity contribution < 1.29 is 41.6 Å². The Morgan fingerprint density at radius 3 is 2.33 bits per heavy atom. The number of nitrogens with zero attached hydrogens (tertiary/aromatic N) is 1. The molecular weight excluding hydrogens is 723 g/mol. The molecule has 55 heavy (non-hydrogen) atoms. The number of hydrogen-bond donors (Lipinski definition) is 3. The minimum atomic E-state index is -4.09. The molecular formula is C42H53N3O9S. The number of fused-ring (bicyclic) bond motifs is 1. The highest BCUT2D eigenvalue weighted by atomic mass is 32.2. The first-order valence-corrected chi connectivity index (χ1v) is 20.0. The molecule has 1 aromatic heterocycles. The zero-order valence-electron chi connectivity index (χ0n) is 32.5. The molecule has 13 heteroatoms. The lowest BCUT2D eigenvalue weighted by atomic mass is 9.96. The van der Waals surface area contributed by atoms with Crippen molar-refractivity contribution in [3.05, 3.63) is 107 Å². The number of aromatic nitrogens is 1. The van der Waals surface area contributed by atoms with E-state index in [-0.39, 0.29) is 44.4 Å². The first-order chi connectivity index (χ1) is 26.0. The fourth-order valence-electron chi connectivity index (χ4n) is 5.90. The molecule has 1 heterocycles. The highest BCUT2D eigenvalue weighted by Crippen LogP contribution is 2.25. The van der Waals surface area contributed by atoms with Gasteiger partial charge in [-0.2, -0.15) is 8.42 Å². The molecule has 0 saturated carbocycles. The van der Waals surface area contributed by atoms with E-state index in [1.165, 1.54) is 0 Å². The monoisotopic (exact) mass is 775 g/mol. The lowest BCUT2D eigenvalue weighted by Gasteiger charge is -2.31. The van der Waals surface area contributed by atoms with Crippen molar-refractivity contribution in [1.29, 1.82) is 0 Å². The van der Waals surface area contributed by atoms with Crippen molar-refractivity contribution in [1.82, 2.24) is 10.3 Å². The third-order valence-corrected chi connectivity index (χ3v) is 10.4. The summed E-state index contributed by atoms with van der Waals surface area (Å²) in [5, 5.41) is 7.75. The number of rotatable bonds is 20. The maximum atomic E-state index is 13.8. The molecule has 12 nitrogen and oxygen atoms in total. The van der Waals surface area contributed by atoms with Gasteiger partial charge in [0.05, 0.1) is 41.7 Å². The van der Waals surface area contributed by atoms with E-state index in [4.69, 9.17) is 18.8 Å². The van der Waals surface area contributed by atoms with E-state index in [0.29, 0.717) is 36.3 Å². The predicted octanol–water partition coefficient (Wildman–Crippen LogP) is 7.09. The normalized spacial score (nSPS) is 13.5. The average Bonchev–Trinajstić information content (AvgIpc) is 3.13. The number of carbonyl (C=O) groups excluding carboxylic acids is 3. The average molecular weight is 776 g/mol. The summed E-state index contributed by atoms with van der Waals surface area (Å²) in [5.41, 5.74) is 3.08. The Labute approximate surface area is 324 Å². The van der Waals surface area contributed by atoms with E-state index in [1.807, 2.05) is 58.0 Å². The quantitative estimate of drug-likeness (QED) is 0.0623. The van der Waals surface area contributed by atoms with Gasteiger partial charge in [0.1, 0.15) is 6.61 Å². The second kappa shape index (κ2) is 19.3. The van der Waals surface area contributed by atoms with Crippen molar-refractivity contribution in [3.63, 3.8) is 0 Å². The van der Waals surface area contributed by atoms with E-state index in [0.717, 1.165) is 27.5 Å². The van der Waals surface area contributed by atoms with Crippen LogP contribution in [0.1, 0.15) is 91.9 Å². The van der Waals surface area contributed by atoms with Gasteiger partial charge in [-0.05, 0) is 100 Å².